The molecule has 0 saturated heterocycles. The standard InChI is InChI=1S/C18H21NO3/c1-12-7-6-8-15(11-12)22-14(3)18(21)19-17-10-5-4-9-16(17)13(2)20/h4-11,13-14,20H,1-3H3,(H,19,21). The summed E-state index contributed by atoms with van der Waals surface area (Å²) in [6, 6.07) is 14.7. The fraction of sp³-hybridized carbons (Fsp3) is 0.278. The van der Waals surface area contributed by atoms with Gasteiger partial charge in [-0.3, -0.25) is 4.79 Å². The summed E-state index contributed by atoms with van der Waals surface area (Å²) >= 11 is 0. The summed E-state index contributed by atoms with van der Waals surface area (Å²) in [5.74, 6) is 0.404. The van der Waals surface area contributed by atoms with Gasteiger partial charge in [-0.2, -0.15) is 0 Å². The lowest BCUT2D eigenvalue weighted by Gasteiger charge is -2.17. The summed E-state index contributed by atoms with van der Waals surface area (Å²) in [5, 5.41) is 12.5. The normalized spacial score (nSPS) is 13.3. The number of benzene rings is 2. The first kappa shape index (κ1) is 16.0. The van der Waals surface area contributed by atoms with Gasteiger partial charge >= 0.3 is 0 Å². The Bertz CT molecular complexity index is 652. The van der Waals surface area contributed by atoms with E-state index in [1.165, 1.54) is 0 Å². The Hall–Kier alpha value is -2.33. The number of aliphatic hydroxyl groups is 1. The monoisotopic (exact) mass is 299 g/mol. The number of hydrogen-bond acceptors (Lipinski definition) is 3. The van der Waals surface area contributed by atoms with Crippen LogP contribution in [-0.4, -0.2) is 17.1 Å². The summed E-state index contributed by atoms with van der Waals surface area (Å²) in [7, 11) is 0. The lowest BCUT2D eigenvalue weighted by atomic mass is 10.1. The van der Waals surface area contributed by atoms with Gasteiger partial charge in [0.2, 0.25) is 0 Å². The Labute approximate surface area is 130 Å². The van der Waals surface area contributed by atoms with E-state index in [1.807, 2.05) is 43.3 Å². The van der Waals surface area contributed by atoms with Crippen LogP contribution in [0.4, 0.5) is 5.69 Å². The van der Waals surface area contributed by atoms with Crippen molar-refractivity contribution in [3.05, 3.63) is 59.7 Å². The third kappa shape index (κ3) is 4.09. The predicted octanol–water partition coefficient (Wildman–Crippen LogP) is 3.45. The number of aryl methyl sites for hydroxylation is 1. The second kappa shape index (κ2) is 7.09. The van der Waals surface area contributed by atoms with Crippen LogP contribution < -0.4 is 10.1 Å². The number of rotatable bonds is 5. The van der Waals surface area contributed by atoms with E-state index in [-0.39, 0.29) is 5.91 Å². The zero-order chi connectivity index (χ0) is 16.1. The first-order valence-electron chi connectivity index (χ1n) is 7.28. The van der Waals surface area contributed by atoms with Gasteiger partial charge in [-0.05, 0) is 44.5 Å². The van der Waals surface area contributed by atoms with Gasteiger partial charge in [-0.1, -0.05) is 30.3 Å². The maximum atomic E-state index is 12.3. The average Bonchev–Trinajstić information content (AvgIpc) is 2.47. The molecule has 2 N–H and O–H groups in total. The van der Waals surface area contributed by atoms with Crippen LogP contribution in [0.1, 0.15) is 31.1 Å². The molecule has 22 heavy (non-hydrogen) atoms. The molecule has 2 atom stereocenters. The van der Waals surface area contributed by atoms with Gasteiger partial charge in [0, 0.05) is 11.3 Å². The highest BCUT2D eigenvalue weighted by Gasteiger charge is 2.17. The zero-order valence-corrected chi connectivity index (χ0v) is 13.0. The van der Waals surface area contributed by atoms with E-state index in [0.717, 1.165) is 5.56 Å². The van der Waals surface area contributed by atoms with Crippen molar-refractivity contribution in [2.45, 2.75) is 33.0 Å². The van der Waals surface area contributed by atoms with Gasteiger partial charge in [0.25, 0.3) is 5.91 Å². The van der Waals surface area contributed by atoms with Crippen molar-refractivity contribution >= 4 is 11.6 Å². The van der Waals surface area contributed by atoms with E-state index in [1.54, 1.807) is 26.0 Å². The van der Waals surface area contributed by atoms with Gasteiger partial charge in [0.1, 0.15) is 5.75 Å². The van der Waals surface area contributed by atoms with Crippen LogP contribution >= 0.6 is 0 Å². The van der Waals surface area contributed by atoms with Gasteiger partial charge in [-0.25, -0.2) is 0 Å². The van der Waals surface area contributed by atoms with Gasteiger partial charge < -0.3 is 15.2 Å². The number of carbonyl (C=O) groups excluding carboxylic acids is 1. The zero-order valence-electron chi connectivity index (χ0n) is 13.0. The fourth-order valence-corrected chi connectivity index (χ4v) is 2.16. The minimum Gasteiger partial charge on any atom is -0.481 e. The molecule has 2 aromatic rings. The molecule has 0 heterocycles. The Morgan fingerprint density at radius 2 is 1.86 bits per heavy atom. The molecule has 116 valence electrons. The van der Waals surface area contributed by atoms with Gasteiger partial charge in [0.05, 0.1) is 6.10 Å². The molecule has 2 rings (SSSR count). The quantitative estimate of drug-likeness (QED) is 0.889. The highest BCUT2D eigenvalue weighted by molar-refractivity contribution is 5.94. The lowest BCUT2D eigenvalue weighted by molar-refractivity contribution is -0.122. The minimum atomic E-state index is -0.649. The molecule has 0 aliphatic carbocycles. The van der Waals surface area contributed by atoms with E-state index in [9.17, 15) is 9.90 Å². The molecular formula is C18H21NO3. The van der Waals surface area contributed by atoms with Crippen molar-refractivity contribution in [1.82, 2.24) is 0 Å². The molecule has 4 heteroatoms. The van der Waals surface area contributed by atoms with E-state index in [0.29, 0.717) is 17.0 Å². The van der Waals surface area contributed by atoms with Crippen LogP contribution in [0.25, 0.3) is 0 Å². The molecule has 0 aliphatic heterocycles. The summed E-state index contributed by atoms with van der Waals surface area (Å²) in [4.78, 5) is 12.3. The maximum Gasteiger partial charge on any atom is 0.265 e. The summed E-state index contributed by atoms with van der Waals surface area (Å²) in [6.45, 7) is 5.33. The Balaban J connectivity index is 2.06. The average molecular weight is 299 g/mol. The number of amides is 1. The van der Waals surface area contributed by atoms with E-state index >= 15 is 0 Å². The van der Waals surface area contributed by atoms with Crippen LogP contribution in [0, 0.1) is 6.92 Å². The number of carbonyl (C=O) groups is 1. The van der Waals surface area contributed by atoms with Crippen LogP contribution in [0.15, 0.2) is 48.5 Å². The Kier molecular flexibility index (Phi) is 5.17. The largest absolute Gasteiger partial charge is 0.481 e. The molecule has 0 saturated carbocycles. The summed E-state index contributed by atoms with van der Waals surface area (Å²) < 4.78 is 5.65. The van der Waals surface area contributed by atoms with Crippen molar-refractivity contribution in [1.29, 1.82) is 0 Å². The molecular weight excluding hydrogens is 278 g/mol. The van der Waals surface area contributed by atoms with Crippen molar-refractivity contribution in [2.24, 2.45) is 0 Å². The third-order valence-corrected chi connectivity index (χ3v) is 3.34. The van der Waals surface area contributed by atoms with Crippen molar-refractivity contribution in [2.75, 3.05) is 5.32 Å². The number of aliphatic hydroxyl groups excluding tert-OH is 1. The third-order valence-electron chi connectivity index (χ3n) is 3.34. The SMILES string of the molecule is Cc1cccc(OC(C)C(=O)Nc2ccccc2C(C)O)c1. The first-order chi connectivity index (χ1) is 10.5. The number of para-hydroxylation sites is 1. The molecule has 0 aliphatic rings. The molecule has 1 amide bonds. The van der Waals surface area contributed by atoms with Crippen LogP contribution in [0.3, 0.4) is 0 Å². The molecule has 0 bridgehead atoms. The molecule has 2 unspecified atom stereocenters. The second-order valence-corrected chi connectivity index (χ2v) is 5.33. The van der Waals surface area contributed by atoms with Crippen LogP contribution in [0.5, 0.6) is 5.75 Å². The second-order valence-electron chi connectivity index (χ2n) is 5.33. The molecule has 4 nitrogen and oxygen atoms in total. The van der Waals surface area contributed by atoms with E-state index in [2.05, 4.69) is 5.32 Å². The van der Waals surface area contributed by atoms with Crippen LogP contribution in [-0.2, 0) is 4.79 Å². The van der Waals surface area contributed by atoms with Crippen molar-refractivity contribution in [3.8, 4) is 5.75 Å². The van der Waals surface area contributed by atoms with Gasteiger partial charge in [-0.15, -0.1) is 0 Å². The highest BCUT2D eigenvalue weighted by atomic mass is 16.5. The topological polar surface area (TPSA) is 58.6 Å². The van der Waals surface area contributed by atoms with Crippen molar-refractivity contribution in [3.63, 3.8) is 0 Å². The van der Waals surface area contributed by atoms with E-state index in [4.69, 9.17) is 4.74 Å². The molecule has 2 aromatic carbocycles. The highest BCUT2D eigenvalue weighted by Crippen LogP contribution is 2.22. The molecule has 0 radical (unpaired) electrons. The van der Waals surface area contributed by atoms with E-state index < -0.39 is 12.2 Å². The molecule has 0 aromatic heterocycles. The molecule has 0 fully saturated rings. The first-order valence-corrected chi connectivity index (χ1v) is 7.28. The van der Waals surface area contributed by atoms with Crippen LogP contribution in [0.2, 0.25) is 0 Å². The fourth-order valence-electron chi connectivity index (χ4n) is 2.16. The minimum absolute atomic E-state index is 0.255. The maximum absolute atomic E-state index is 12.3. The Morgan fingerprint density at radius 3 is 2.55 bits per heavy atom. The number of hydrogen-bond donors (Lipinski definition) is 2. The van der Waals surface area contributed by atoms with Gasteiger partial charge in [0.15, 0.2) is 6.10 Å². The Morgan fingerprint density at radius 1 is 1.14 bits per heavy atom. The smallest absolute Gasteiger partial charge is 0.265 e. The molecule has 0 spiro atoms. The summed E-state index contributed by atoms with van der Waals surface area (Å²) in [6.07, 6.45) is -1.28. The number of nitrogens with one attached hydrogen (secondary N) is 1. The number of ether oxygens (including phenoxy) is 1. The summed E-state index contributed by atoms with van der Waals surface area (Å²) in [5.41, 5.74) is 2.35. The predicted molar refractivity (Wildman–Crippen MR) is 87.0 cm³/mol. The number of anilines is 1. The lowest BCUT2D eigenvalue weighted by Crippen LogP contribution is -2.30. The van der Waals surface area contributed by atoms with Crippen molar-refractivity contribution < 1.29 is 14.6 Å².